The van der Waals surface area contributed by atoms with Crippen LogP contribution in [0.3, 0.4) is 0 Å². The van der Waals surface area contributed by atoms with Crippen LogP contribution in [0.4, 0.5) is 5.82 Å². The van der Waals surface area contributed by atoms with Crippen LogP contribution in [0.15, 0.2) is 60.9 Å². The minimum atomic E-state index is -0.0276. The number of aromatic nitrogens is 4. The normalized spacial score (nSPS) is 18.2. The van der Waals surface area contributed by atoms with E-state index < -0.39 is 0 Å². The summed E-state index contributed by atoms with van der Waals surface area (Å²) in [5.74, 6) is 2.40. The van der Waals surface area contributed by atoms with E-state index in [4.69, 9.17) is 15.6 Å². The molecule has 0 bridgehead atoms. The summed E-state index contributed by atoms with van der Waals surface area (Å²) in [6.07, 6.45) is 3.31. The summed E-state index contributed by atoms with van der Waals surface area (Å²) in [7, 11) is 0. The van der Waals surface area contributed by atoms with E-state index in [1.54, 1.807) is 0 Å². The maximum atomic E-state index is 13.4. The maximum absolute atomic E-state index is 13.4. The molecule has 1 aliphatic rings. The van der Waals surface area contributed by atoms with E-state index in [2.05, 4.69) is 46.4 Å². The first kappa shape index (κ1) is 26.4. The number of carbonyl (C=O) groups excluding carboxylic acids is 1. The number of benzene rings is 2. The molecule has 3 unspecified atom stereocenters. The fourth-order valence-corrected chi connectivity index (χ4v) is 5.65. The van der Waals surface area contributed by atoms with Crippen LogP contribution < -0.4 is 10.5 Å². The quantitative estimate of drug-likeness (QED) is 0.196. The highest BCUT2D eigenvalue weighted by molar-refractivity contribution is 14.1. The molecule has 1 saturated heterocycles. The number of rotatable bonds is 7. The third kappa shape index (κ3) is 5.34. The van der Waals surface area contributed by atoms with E-state index in [-0.39, 0.29) is 17.9 Å². The van der Waals surface area contributed by atoms with Crippen molar-refractivity contribution in [2.45, 2.75) is 43.6 Å². The fourth-order valence-electron chi connectivity index (χ4n) is 5.02. The molecule has 4 atom stereocenters. The smallest absolute Gasteiger partial charge is 0.225 e. The summed E-state index contributed by atoms with van der Waals surface area (Å²) in [6, 6.07) is 17.5. The third-order valence-electron chi connectivity index (χ3n) is 7.58. The van der Waals surface area contributed by atoms with Crippen LogP contribution >= 0.6 is 22.6 Å². The van der Waals surface area contributed by atoms with E-state index in [0.29, 0.717) is 27.9 Å². The van der Waals surface area contributed by atoms with Crippen molar-refractivity contribution < 1.29 is 9.53 Å². The van der Waals surface area contributed by atoms with Crippen LogP contribution in [0.2, 0.25) is 0 Å². The number of hydrogen-bond acceptors (Lipinski definition) is 6. The molecule has 2 aromatic heterocycles. The third-order valence-corrected chi connectivity index (χ3v) is 8.72. The van der Waals surface area contributed by atoms with Gasteiger partial charge in [0.15, 0.2) is 5.65 Å². The van der Waals surface area contributed by atoms with Gasteiger partial charge in [0.1, 0.15) is 29.3 Å². The first-order valence-electron chi connectivity index (χ1n) is 13.1. The van der Waals surface area contributed by atoms with Crippen LogP contribution in [-0.2, 0) is 4.79 Å². The first-order valence-corrected chi connectivity index (χ1v) is 14.3. The number of para-hydroxylation sites is 1. The number of alkyl halides is 1. The number of anilines is 1. The molecule has 1 amide bonds. The number of carbonyl (C=O) groups is 1. The van der Waals surface area contributed by atoms with Gasteiger partial charge in [0.05, 0.1) is 11.4 Å². The lowest BCUT2D eigenvalue weighted by Gasteiger charge is -2.36. The zero-order chi connectivity index (χ0) is 26.8. The monoisotopic (exact) mass is 624 g/mol. The zero-order valence-electron chi connectivity index (χ0n) is 21.9. The Balaban J connectivity index is 1.43. The van der Waals surface area contributed by atoms with Gasteiger partial charge in [-0.3, -0.25) is 4.79 Å². The van der Waals surface area contributed by atoms with Crippen LogP contribution in [0.1, 0.15) is 39.7 Å². The highest BCUT2D eigenvalue weighted by atomic mass is 127. The number of ether oxygens (including phenoxy) is 1. The number of hydrogen-bond donors (Lipinski definition) is 1. The summed E-state index contributed by atoms with van der Waals surface area (Å²) in [5.41, 5.74) is 8.68. The number of nitrogen functional groups attached to an aromatic ring is 1. The molecular weight excluding hydrogens is 591 g/mol. The molecule has 2 N–H and O–H groups in total. The topological polar surface area (TPSA) is 99.2 Å². The highest BCUT2D eigenvalue weighted by Crippen LogP contribution is 2.35. The van der Waals surface area contributed by atoms with E-state index in [9.17, 15) is 4.79 Å². The summed E-state index contributed by atoms with van der Waals surface area (Å²) in [5, 5.41) is 5.74. The van der Waals surface area contributed by atoms with Crippen molar-refractivity contribution in [1.82, 2.24) is 24.6 Å². The van der Waals surface area contributed by atoms with Crippen LogP contribution in [0.25, 0.3) is 22.3 Å². The molecule has 4 aromatic rings. The maximum Gasteiger partial charge on any atom is 0.225 e. The highest BCUT2D eigenvalue weighted by Gasteiger charge is 2.33. The molecule has 0 spiro atoms. The fraction of sp³-hybridized carbons (Fsp3) is 0.379. The van der Waals surface area contributed by atoms with Gasteiger partial charge in [0, 0.05) is 28.5 Å². The van der Waals surface area contributed by atoms with Crippen molar-refractivity contribution in [2.75, 3.05) is 18.8 Å². The lowest BCUT2D eigenvalue weighted by molar-refractivity contribution is -0.138. The number of nitrogens with two attached hydrogens (primary N) is 1. The number of fused-ring (bicyclic) bond motifs is 1. The molecule has 0 radical (unpaired) electrons. The van der Waals surface area contributed by atoms with Gasteiger partial charge in [-0.15, -0.1) is 0 Å². The van der Waals surface area contributed by atoms with Gasteiger partial charge in [-0.25, -0.2) is 14.6 Å². The Kier molecular flexibility index (Phi) is 7.83. The van der Waals surface area contributed by atoms with Crippen molar-refractivity contribution in [3.63, 3.8) is 0 Å². The van der Waals surface area contributed by atoms with Crippen LogP contribution in [-0.4, -0.2) is 47.6 Å². The number of halogens is 1. The number of amides is 1. The summed E-state index contributed by atoms with van der Waals surface area (Å²) in [6.45, 7) is 7.75. The molecule has 1 aliphatic heterocycles. The lowest BCUT2D eigenvalue weighted by atomic mass is 9.91. The second kappa shape index (κ2) is 11.3. The second-order valence-electron chi connectivity index (χ2n) is 10.1. The molecule has 1 fully saturated rings. The Morgan fingerprint density at radius 1 is 1.05 bits per heavy atom. The van der Waals surface area contributed by atoms with Crippen molar-refractivity contribution in [3.8, 4) is 22.8 Å². The lowest BCUT2D eigenvalue weighted by Crippen LogP contribution is -2.45. The number of piperidine rings is 1. The Hall–Kier alpha value is -3.21. The molecule has 2 aromatic carbocycles. The van der Waals surface area contributed by atoms with Gasteiger partial charge >= 0.3 is 0 Å². The van der Waals surface area contributed by atoms with Crippen molar-refractivity contribution in [3.05, 3.63) is 60.9 Å². The Morgan fingerprint density at radius 2 is 1.76 bits per heavy atom. The predicted molar refractivity (Wildman–Crippen MR) is 158 cm³/mol. The van der Waals surface area contributed by atoms with Gasteiger partial charge in [0.2, 0.25) is 5.91 Å². The van der Waals surface area contributed by atoms with E-state index in [1.807, 2.05) is 71.1 Å². The molecule has 5 rings (SSSR count). The molecule has 3 heterocycles. The minimum Gasteiger partial charge on any atom is -0.457 e. The summed E-state index contributed by atoms with van der Waals surface area (Å²) >= 11 is 2.41. The standard InChI is InChI=1S/C29H33IN6O2/c1-18(20(3)30)19(2)29(37)35-15-7-8-22(16-35)36-28-25(27(31)32-17-33-28)26(34-36)21-11-13-24(14-12-21)38-23-9-5-4-6-10-23/h4-6,9-14,17-20,22H,7-8,15-16H2,1-3H3,(H2,31,32,33)/t18?,19?,20?,22-/m1/s1. The van der Waals surface area contributed by atoms with Crippen molar-refractivity contribution in [2.24, 2.45) is 11.8 Å². The summed E-state index contributed by atoms with van der Waals surface area (Å²) < 4.78 is 8.33. The second-order valence-corrected chi connectivity index (χ2v) is 12.1. The van der Waals surface area contributed by atoms with E-state index in [1.165, 1.54) is 6.33 Å². The van der Waals surface area contributed by atoms with Crippen LogP contribution in [0.5, 0.6) is 11.5 Å². The first-order chi connectivity index (χ1) is 18.3. The molecule has 38 heavy (non-hydrogen) atoms. The van der Waals surface area contributed by atoms with E-state index in [0.717, 1.165) is 47.5 Å². The predicted octanol–water partition coefficient (Wildman–Crippen LogP) is 6.13. The number of likely N-dealkylation sites (tertiary alicyclic amines) is 1. The SMILES string of the molecule is CC(I)C(C)C(C)C(=O)N1CCC[C@@H](n2nc(-c3ccc(Oc4ccccc4)cc3)c3c(N)ncnc32)C1. The van der Waals surface area contributed by atoms with Crippen molar-refractivity contribution >= 4 is 45.3 Å². The summed E-state index contributed by atoms with van der Waals surface area (Å²) in [4.78, 5) is 24.2. The molecule has 0 saturated carbocycles. The van der Waals surface area contributed by atoms with Gasteiger partial charge in [0.25, 0.3) is 0 Å². The molecule has 9 heteroatoms. The van der Waals surface area contributed by atoms with Crippen molar-refractivity contribution in [1.29, 1.82) is 0 Å². The van der Waals surface area contributed by atoms with Gasteiger partial charge in [-0.1, -0.05) is 61.6 Å². The number of nitrogens with zero attached hydrogens (tertiary/aromatic N) is 5. The minimum absolute atomic E-state index is 0.0125. The zero-order valence-corrected chi connectivity index (χ0v) is 24.1. The molecule has 198 valence electrons. The molecule has 0 aliphatic carbocycles. The van der Waals surface area contributed by atoms with E-state index >= 15 is 0 Å². The van der Waals surface area contributed by atoms with Crippen LogP contribution in [0, 0.1) is 11.8 Å². The molecule has 8 nitrogen and oxygen atoms in total. The van der Waals surface area contributed by atoms with Gasteiger partial charge in [-0.2, -0.15) is 5.10 Å². The Labute approximate surface area is 236 Å². The molecular formula is C29H33IN6O2. The average molecular weight is 625 g/mol. The average Bonchev–Trinajstić information content (AvgIpc) is 3.34. The largest absolute Gasteiger partial charge is 0.457 e. The Morgan fingerprint density at radius 3 is 2.47 bits per heavy atom. The van der Waals surface area contributed by atoms with Gasteiger partial charge < -0.3 is 15.4 Å². The van der Waals surface area contributed by atoms with Gasteiger partial charge in [-0.05, 0) is 55.2 Å². The Bertz CT molecular complexity index is 1410.